The second-order valence-electron chi connectivity index (χ2n) is 8.36. The summed E-state index contributed by atoms with van der Waals surface area (Å²) in [5.74, 6) is -1.64. The third-order valence-electron chi connectivity index (χ3n) is 5.52. The summed E-state index contributed by atoms with van der Waals surface area (Å²) in [7, 11) is 0. The lowest BCUT2D eigenvalue weighted by Gasteiger charge is -2.35. The molecule has 2 aliphatic heterocycles. The van der Waals surface area contributed by atoms with E-state index in [0.717, 1.165) is 18.7 Å². The zero-order chi connectivity index (χ0) is 20.4. The summed E-state index contributed by atoms with van der Waals surface area (Å²) in [6, 6.07) is -0.119. The van der Waals surface area contributed by atoms with Gasteiger partial charge in [-0.3, -0.25) is 9.69 Å². The number of esters is 2. The van der Waals surface area contributed by atoms with Gasteiger partial charge in [-0.15, -0.1) is 0 Å². The monoisotopic (exact) mass is 383 g/mol. The topological polar surface area (TPSA) is 96.3 Å². The van der Waals surface area contributed by atoms with Crippen LogP contribution in [-0.2, 0) is 19.1 Å². The van der Waals surface area contributed by atoms with Crippen LogP contribution in [0.2, 0.25) is 0 Å². The van der Waals surface area contributed by atoms with Crippen LogP contribution in [0.5, 0.6) is 0 Å². The zero-order valence-electron chi connectivity index (χ0n) is 17.0. The van der Waals surface area contributed by atoms with Crippen molar-refractivity contribution >= 4 is 11.9 Å². The van der Waals surface area contributed by atoms with Crippen molar-refractivity contribution in [3.8, 4) is 0 Å². The highest BCUT2D eigenvalue weighted by Gasteiger charge is 2.49. The van der Waals surface area contributed by atoms with Gasteiger partial charge in [-0.25, -0.2) is 4.79 Å². The Hall–Kier alpha value is -1.44. The van der Waals surface area contributed by atoms with E-state index in [1.54, 1.807) is 13.8 Å². The molecule has 2 aliphatic rings. The van der Waals surface area contributed by atoms with Crippen molar-refractivity contribution in [1.82, 2.24) is 4.90 Å². The Kier molecular flexibility index (Phi) is 7.05. The maximum absolute atomic E-state index is 12.7. The van der Waals surface area contributed by atoms with Gasteiger partial charge in [0.2, 0.25) is 5.60 Å². The van der Waals surface area contributed by atoms with E-state index in [9.17, 15) is 19.8 Å². The maximum atomic E-state index is 12.7. The average molecular weight is 383 g/mol. The molecule has 4 atom stereocenters. The molecule has 27 heavy (non-hydrogen) atoms. The van der Waals surface area contributed by atoms with E-state index in [1.165, 1.54) is 6.92 Å². The molecule has 0 bridgehead atoms. The van der Waals surface area contributed by atoms with Crippen LogP contribution < -0.4 is 0 Å². The van der Waals surface area contributed by atoms with Crippen molar-refractivity contribution in [1.29, 1.82) is 0 Å². The molecule has 0 saturated carbocycles. The first-order valence-electron chi connectivity index (χ1n) is 9.77. The van der Waals surface area contributed by atoms with Crippen LogP contribution in [0, 0.1) is 11.8 Å². The number of fused-ring (bicyclic) bond motifs is 1. The number of rotatable bonds is 8. The lowest BCUT2D eigenvalue weighted by molar-refractivity contribution is -0.193. The van der Waals surface area contributed by atoms with Crippen molar-refractivity contribution in [2.75, 3.05) is 19.7 Å². The third kappa shape index (κ3) is 4.70. The van der Waals surface area contributed by atoms with Crippen molar-refractivity contribution in [2.24, 2.45) is 11.8 Å². The van der Waals surface area contributed by atoms with Gasteiger partial charge >= 0.3 is 11.9 Å². The first-order valence-corrected chi connectivity index (χ1v) is 9.77. The highest BCUT2D eigenvalue weighted by atomic mass is 16.6. The van der Waals surface area contributed by atoms with E-state index < -0.39 is 35.7 Å². The van der Waals surface area contributed by atoms with Gasteiger partial charge in [0.25, 0.3) is 0 Å². The Labute approximate surface area is 161 Å². The smallest absolute Gasteiger partial charge is 0.342 e. The number of hydrogen-bond acceptors (Lipinski definition) is 7. The standard InChI is InChI=1S/C20H33NO6/c1-12(2)10-17(23)27-14(5)20(25,13(3)4)19(24)26-11-15-6-8-21-9-7-16(22)18(15)21/h6,12-14,16,18,22,25H,7-11H2,1-5H3/t14-,16-,18-,20-/m1/s1. The van der Waals surface area contributed by atoms with Crippen LogP contribution in [0.4, 0.5) is 0 Å². The highest BCUT2D eigenvalue weighted by Crippen LogP contribution is 2.31. The predicted octanol–water partition coefficient (Wildman–Crippen LogP) is 1.27. The number of aliphatic hydroxyl groups is 2. The molecule has 1 saturated heterocycles. The Morgan fingerprint density at radius 3 is 2.56 bits per heavy atom. The van der Waals surface area contributed by atoms with Gasteiger partial charge in [0.15, 0.2) is 0 Å². The number of carbonyl (C=O) groups is 2. The van der Waals surface area contributed by atoms with Crippen LogP contribution in [0.1, 0.15) is 47.5 Å². The van der Waals surface area contributed by atoms with Crippen LogP contribution in [0.3, 0.4) is 0 Å². The minimum atomic E-state index is -1.93. The Balaban J connectivity index is 2.00. The number of aliphatic hydroxyl groups excluding tert-OH is 1. The molecule has 2 rings (SSSR count). The van der Waals surface area contributed by atoms with Gasteiger partial charge in [-0.1, -0.05) is 33.8 Å². The summed E-state index contributed by atoms with van der Waals surface area (Å²) in [5, 5.41) is 21.1. The van der Waals surface area contributed by atoms with Crippen molar-refractivity contribution in [3.05, 3.63) is 11.6 Å². The molecule has 0 unspecified atom stereocenters. The summed E-state index contributed by atoms with van der Waals surface area (Å²) in [6.45, 7) is 10.2. The zero-order valence-corrected chi connectivity index (χ0v) is 17.0. The molecule has 0 radical (unpaired) electrons. The quantitative estimate of drug-likeness (QED) is 0.481. The molecule has 0 aromatic heterocycles. The molecule has 0 aliphatic carbocycles. The lowest BCUT2D eigenvalue weighted by Crippen LogP contribution is -2.55. The van der Waals surface area contributed by atoms with Gasteiger partial charge in [0, 0.05) is 19.5 Å². The number of carbonyl (C=O) groups excluding carboxylic acids is 2. The van der Waals surface area contributed by atoms with E-state index >= 15 is 0 Å². The van der Waals surface area contributed by atoms with Crippen molar-refractivity contribution < 1.29 is 29.3 Å². The summed E-state index contributed by atoms with van der Waals surface area (Å²) in [4.78, 5) is 26.8. The molecule has 0 aromatic carbocycles. The summed E-state index contributed by atoms with van der Waals surface area (Å²) < 4.78 is 10.7. The van der Waals surface area contributed by atoms with E-state index in [1.807, 2.05) is 19.9 Å². The summed E-state index contributed by atoms with van der Waals surface area (Å²) in [5.41, 5.74) is -1.08. The minimum absolute atomic E-state index is 0.0126. The molecule has 2 heterocycles. The fourth-order valence-electron chi connectivity index (χ4n) is 3.83. The molecule has 1 fully saturated rings. The van der Waals surface area contributed by atoms with E-state index in [2.05, 4.69) is 4.90 Å². The van der Waals surface area contributed by atoms with Gasteiger partial charge in [-0.2, -0.15) is 0 Å². The van der Waals surface area contributed by atoms with Crippen LogP contribution in [-0.4, -0.2) is 70.6 Å². The predicted molar refractivity (Wildman–Crippen MR) is 99.8 cm³/mol. The molecule has 2 N–H and O–H groups in total. The normalized spacial score (nSPS) is 25.9. The molecule has 7 heteroatoms. The van der Waals surface area contributed by atoms with Gasteiger partial charge in [0.1, 0.15) is 12.7 Å². The molecule has 7 nitrogen and oxygen atoms in total. The third-order valence-corrected chi connectivity index (χ3v) is 5.52. The second kappa shape index (κ2) is 8.71. The van der Waals surface area contributed by atoms with E-state index in [-0.39, 0.29) is 25.0 Å². The molecule has 154 valence electrons. The minimum Gasteiger partial charge on any atom is -0.459 e. The number of ether oxygens (including phenoxy) is 2. The fraction of sp³-hybridized carbons (Fsp3) is 0.800. The Morgan fingerprint density at radius 1 is 1.30 bits per heavy atom. The van der Waals surface area contributed by atoms with Crippen LogP contribution >= 0.6 is 0 Å². The first kappa shape index (κ1) is 21.9. The Morgan fingerprint density at radius 2 is 1.96 bits per heavy atom. The maximum Gasteiger partial charge on any atom is 0.342 e. The fourth-order valence-corrected chi connectivity index (χ4v) is 3.83. The largest absolute Gasteiger partial charge is 0.459 e. The molecule has 0 spiro atoms. The van der Waals surface area contributed by atoms with Crippen LogP contribution in [0.25, 0.3) is 0 Å². The molecule has 0 amide bonds. The van der Waals surface area contributed by atoms with Gasteiger partial charge < -0.3 is 19.7 Å². The number of hydrogen-bond donors (Lipinski definition) is 2. The summed E-state index contributed by atoms with van der Waals surface area (Å²) >= 11 is 0. The second-order valence-corrected chi connectivity index (χ2v) is 8.36. The average Bonchev–Trinajstić information content (AvgIpc) is 3.13. The lowest BCUT2D eigenvalue weighted by atomic mass is 9.85. The SMILES string of the molecule is CC(C)CC(=O)O[C@H](C)[C@@](O)(C(=O)OCC1=CCN2CC[C@@H](O)[C@@H]12)C(C)C. The molecule has 0 aromatic rings. The van der Waals surface area contributed by atoms with Gasteiger partial charge in [-0.05, 0) is 30.8 Å². The highest BCUT2D eigenvalue weighted by molar-refractivity contribution is 5.81. The Bertz CT molecular complexity index is 587. The van der Waals surface area contributed by atoms with E-state index in [4.69, 9.17) is 9.47 Å². The van der Waals surface area contributed by atoms with Crippen molar-refractivity contribution in [2.45, 2.75) is 71.3 Å². The van der Waals surface area contributed by atoms with Crippen LogP contribution in [0.15, 0.2) is 11.6 Å². The van der Waals surface area contributed by atoms with Crippen molar-refractivity contribution in [3.63, 3.8) is 0 Å². The summed E-state index contributed by atoms with van der Waals surface area (Å²) in [6.07, 6.45) is 1.39. The molecular weight excluding hydrogens is 350 g/mol. The molecular formula is C20H33NO6. The van der Waals surface area contributed by atoms with E-state index in [0.29, 0.717) is 6.42 Å². The number of nitrogens with zero attached hydrogens (tertiary/aromatic N) is 1. The first-order chi connectivity index (χ1) is 12.6. The van der Waals surface area contributed by atoms with Gasteiger partial charge in [0.05, 0.1) is 12.1 Å².